The van der Waals surface area contributed by atoms with Gasteiger partial charge >= 0.3 is 5.97 Å². The number of pyridine rings is 1. The van der Waals surface area contributed by atoms with E-state index in [2.05, 4.69) is 10.1 Å². The minimum Gasteiger partial charge on any atom is -0.456 e. The molecule has 0 radical (unpaired) electrons. The predicted octanol–water partition coefficient (Wildman–Crippen LogP) is 4.03. The lowest BCUT2D eigenvalue weighted by Crippen LogP contribution is -2.11. The van der Waals surface area contributed by atoms with Gasteiger partial charge in [0.05, 0.1) is 10.7 Å². The highest BCUT2D eigenvalue weighted by Gasteiger charge is 2.17. The number of rotatable bonds is 4. The van der Waals surface area contributed by atoms with E-state index in [1.165, 1.54) is 12.1 Å². The van der Waals surface area contributed by atoms with Gasteiger partial charge in [-0.05, 0) is 49.7 Å². The van der Waals surface area contributed by atoms with Crippen molar-refractivity contribution in [1.29, 1.82) is 0 Å². The van der Waals surface area contributed by atoms with Crippen LogP contribution in [0.25, 0.3) is 5.82 Å². The standard InChI is InChI=1S/C18H15ClFN3O2/c1-11-9-12(2)23(22-11)16-8-7-15(19)17(21-16)18(24)25-10-13-3-5-14(20)6-4-13/h3-9H,10H2,1-2H3. The third-order valence-electron chi connectivity index (χ3n) is 3.53. The molecule has 0 aliphatic heterocycles. The summed E-state index contributed by atoms with van der Waals surface area (Å²) in [7, 11) is 0. The van der Waals surface area contributed by atoms with Crippen molar-refractivity contribution in [2.75, 3.05) is 0 Å². The number of ether oxygens (including phenoxy) is 1. The maximum Gasteiger partial charge on any atom is 0.358 e. The number of carbonyl (C=O) groups is 1. The largest absolute Gasteiger partial charge is 0.456 e. The van der Waals surface area contributed by atoms with Crippen LogP contribution in [0.1, 0.15) is 27.4 Å². The Labute approximate surface area is 149 Å². The highest BCUT2D eigenvalue weighted by Crippen LogP contribution is 2.19. The van der Waals surface area contributed by atoms with Crippen molar-refractivity contribution in [3.8, 4) is 5.82 Å². The van der Waals surface area contributed by atoms with Crippen molar-refractivity contribution >= 4 is 17.6 Å². The number of aromatic nitrogens is 3. The molecule has 0 unspecified atom stereocenters. The Morgan fingerprint density at radius 2 is 1.92 bits per heavy atom. The first-order valence-electron chi connectivity index (χ1n) is 7.56. The Bertz CT molecular complexity index is 923. The minimum atomic E-state index is -0.655. The molecule has 128 valence electrons. The molecule has 0 amide bonds. The van der Waals surface area contributed by atoms with Crippen molar-refractivity contribution in [1.82, 2.24) is 14.8 Å². The Kier molecular flexibility index (Phi) is 4.81. The van der Waals surface area contributed by atoms with Gasteiger partial charge in [0.15, 0.2) is 11.5 Å². The highest BCUT2D eigenvalue weighted by atomic mass is 35.5. The fourth-order valence-corrected chi connectivity index (χ4v) is 2.53. The molecule has 0 fully saturated rings. The molecule has 3 rings (SSSR count). The van der Waals surface area contributed by atoms with Crippen LogP contribution in [0.15, 0.2) is 42.5 Å². The molecule has 0 aliphatic carbocycles. The van der Waals surface area contributed by atoms with Crippen molar-refractivity contribution in [2.45, 2.75) is 20.5 Å². The zero-order valence-electron chi connectivity index (χ0n) is 13.7. The normalized spacial score (nSPS) is 10.7. The monoisotopic (exact) mass is 359 g/mol. The smallest absolute Gasteiger partial charge is 0.358 e. The van der Waals surface area contributed by atoms with E-state index < -0.39 is 5.97 Å². The quantitative estimate of drug-likeness (QED) is 0.660. The number of hydrogen-bond acceptors (Lipinski definition) is 4. The molecule has 0 atom stereocenters. The third-order valence-corrected chi connectivity index (χ3v) is 3.84. The summed E-state index contributed by atoms with van der Waals surface area (Å²) in [5, 5.41) is 4.53. The molecule has 0 N–H and O–H groups in total. The molecular formula is C18H15ClFN3O2. The molecule has 0 saturated heterocycles. The maximum atomic E-state index is 12.9. The fraction of sp³-hybridized carbons (Fsp3) is 0.167. The van der Waals surface area contributed by atoms with Crippen LogP contribution in [0.4, 0.5) is 4.39 Å². The molecule has 0 saturated carbocycles. The van der Waals surface area contributed by atoms with Gasteiger partial charge in [0.2, 0.25) is 0 Å². The van der Waals surface area contributed by atoms with Crippen molar-refractivity contribution < 1.29 is 13.9 Å². The van der Waals surface area contributed by atoms with E-state index in [1.807, 2.05) is 19.9 Å². The fourth-order valence-electron chi connectivity index (χ4n) is 2.35. The molecule has 2 heterocycles. The molecule has 0 bridgehead atoms. The van der Waals surface area contributed by atoms with Crippen LogP contribution in [0.5, 0.6) is 0 Å². The second-order valence-corrected chi connectivity index (χ2v) is 5.95. The molecule has 0 aliphatic rings. The number of hydrogen-bond donors (Lipinski definition) is 0. The number of esters is 1. The molecule has 7 heteroatoms. The van der Waals surface area contributed by atoms with E-state index in [0.717, 1.165) is 11.4 Å². The van der Waals surface area contributed by atoms with Gasteiger partial charge in [0.1, 0.15) is 12.4 Å². The van der Waals surface area contributed by atoms with E-state index in [4.69, 9.17) is 16.3 Å². The summed E-state index contributed by atoms with van der Waals surface area (Å²) >= 11 is 6.08. The van der Waals surface area contributed by atoms with E-state index in [9.17, 15) is 9.18 Å². The van der Waals surface area contributed by atoms with Crippen LogP contribution in [0, 0.1) is 19.7 Å². The predicted molar refractivity (Wildman–Crippen MR) is 91.4 cm³/mol. The van der Waals surface area contributed by atoms with Gasteiger partial charge in [-0.15, -0.1) is 0 Å². The Hall–Kier alpha value is -2.73. The summed E-state index contributed by atoms with van der Waals surface area (Å²) < 4.78 is 19.8. The number of halogens is 2. The second-order valence-electron chi connectivity index (χ2n) is 5.54. The summed E-state index contributed by atoms with van der Waals surface area (Å²) in [6.07, 6.45) is 0. The SMILES string of the molecule is Cc1cc(C)n(-c2ccc(Cl)c(C(=O)OCc3ccc(F)cc3)n2)n1. The summed E-state index contributed by atoms with van der Waals surface area (Å²) in [6, 6.07) is 10.9. The average molecular weight is 360 g/mol. The van der Waals surface area contributed by atoms with Crippen molar-refractivity contribution in [2.24, 2.45) is 0 Å². The lowest BCUT2D eigenvalue weighted by atomic mass is 10.2. The van der Waals surface area contributed by atoms with Crippen LogP contribution in [-0.4, -0.2) is 20.7 Å². The van der Waals surface area contributed by atoms with Gasteiger partial charge in [-0.2, -0.15) is 5.10 Å². The molecule has 3 aromatic rings. The molecule has 5 nitrogen and oxygen atoms in total. The number of carbonyl (C=O) groups excluding carboxylic acids is 1. The first-order chi connectivity index (χ1) is 11.9. The third kappa shape index (κ3) is 3.85. The van der Waals surface area contributed by atoms with Gasteiger partial charge in [0, 0.05) is 5.69 Å². The molecule has 25 heavy (non-hydrogen) atoms. The van der Waals surface area contributed by atoms with Crippen LogP contribution < -0.4 is 0 Å². The molecular weight excluding hydrogens is 345 g/mol. The number of nitrogens with zero attached hydrogens (tertiary/aromatic N) is 3. The Morgan fingerprint density at radius 3 is 2.56 bits per heavy atom. The number of aryl methyl sites for hydroxylation is 2. The van der Waals surface area contributed by atoms with Crippen LogP contribution in [0.3, 0.4) is 0 Å². The Morgan fingerprint density at radius 1 is 1.20 bits per heavy atom. The molecule has 0 spiro atoms. The first kappa shape index (κ1) is 17.1. The topological polar surface area (TPSA) is 57.0 Å². The molecule has 2 aromatic heterocycles. The van der Waals surface area contributed by atoms with Crippen LogP contribution in [0.2, 0.25) is 5.02 Å². The van der Waals surface area contributed by atoms with Gasteiger partial charge in [0.25, 0.3) is 0 Å². The summed E-state index contributed by atoms with van der Waals surface area (Å²) in [5.74, 6) is -0.529. The summed E-state index contributed by atoms with van der Waals surface area (Å²) in [5.41, 5.74) is 2.40. The minimum absolute atomic E-state index is 0.00125. The zero-order chi connectivity index (χ0) is 18.0. The highest BCUT2D eigenvalue weighted by molar-refractivity contribution is 6.33. The van der Waals surface area contributed by atoms with Crippen LogP contribution >= 0.6 is 11.6 Å². The van der Waals surface area contributed by atoms with E-state index in [0.29, 0.717) is 11.4 Å². The second kappa shape index (κ2) is 7.03. The molecule has 1 aromatic carbocycles. The first-order valence-corrected chi connectivity index (χ1v) is 7.93. The zero-order valence-corrected chi connectivity index (χ0v) is 14.4. The van der Waals surface area contributed by atoms with Gasteiger partial charge in [-0.25, -0.2) is 18.9 Å². The van der Waals surface area contributed by atoms with E-state index in [-0.39, 0.29) is 23.1 Å². The van der Waals surface area contributed by atoms with E-state index in [1.54, 1.807) is 28.9 Å². The van der Waals surface area contributed by atoms with Gasteiger partial charge < -0.3 is 4.74 Å². The van der Waals surface area contributed by atoms with Crippen molar-refractivity contribution in [3.63, 3.8) is 0 Å². The van der Waals surface area contributed by atoms with Crippen LogP contribution in [-0.2, 0) is 11.3 Å². The van der Waals surface area contributed by atoms with Gasteiger partial charge in [-0.1, -0.05) is 23.7 Å². The Balaban J connectivity index is 1.81. The van der Waals surface area contributed by atoms with Gasteiger partial charge in [-0.3, -0.25) is 0 Å². The summed E-state index contributed by atoms with van der Waals surface area (Å²) in [4.78, 5) is 16.6. The lowest BCUT2D eigenvalue weighted by Gasteiger charge is -2.09. The maximum absolute atomic E-state index is 12.9. The van der Waals surface area contributed by atoms with Crippen molar-refractivity contribution in [3.05, 3.63) is 75.9 Å². The summed E-state index contributed by atoms with van der Waals surface area (Å²) in [6.45, 7) is 3.77. The average Bonchev–Trinajstić information content (AvgIpc) is 2.93. The van der Waals surface area contributed by atoms with E-state index >= 15 is 0 Å². The number of benzene rings is 1. The lowest BCUT2D eigenvalue weighted by molar-refractivity contribution is 0.0466.